The number of carbonyl (C=O) groups excluding carboxylic acids is 7. The second-order valence-electron chi connectivity index (χ2n) is 11.8. The smallest absolute Gasteiger partial charge is 0.338 e. The summed E-state index contributed by atoms with van der Waals surface area (Å²) in [7, 11) is 0. The third-order valence-electron chi connectivity index (χ3n) is 6.27. The number of urea groups is 1. The standard InChI is InChI=1S/C31H43N3O15/c1-16(35)43-15-23-24(44-17(2)36)25(45-18(3)37)26(46-19(4)38)29(47-23)49-34-30(42)32-14-22(39)27(40)33-21(28(41)48-31(5,6)7)13-20-11-9-8-10-12-20/h8-12,21-26,29,39H,13-15H2,1-7H3,(H,33,40)(H2,32,34,42)/t21-,22-,23+,24+,25-,26+,29-/m0/s1. The highest BCUT2D eigenvalue weighted by atomic mass is 16.8. The van der Waals surface area contributed by atoms with Gasteiger partial charge in [-0.2, -0.15) is 0 Å². The van der Waals surface area contributed by atoms with E-state index in [1.165, 1.54) is 0 Å². The Bertz CT molecular complexity index is 1330. The molecule has 0 radical (unpaired) electrons. The van der Waals surface area contributed by atoms with Gasteiger partial charge in [0.05, 0.1) is 6.54 Å². The van der Waals surface area contributed by atoms with Crippen LogP contribution >= 0.6 is 0 Å². The lowest BCUT2D eigenvalue weighted by atomic mass is 9.98. The second kappa shape index (κ2) is 18.7. The van der Waals surface area contributed by atoms with Crippen molar-refractivity contribution in [1.82, 2.24) is 16.1 Å². The Balaban J connectivity index is 2.12. The molecule has 0 saturated carbocycles. The Morgan fingerprint density at radius 2 is 1.41 bits per heavy atom. The number of aliphatic hydroxyl groups excluding tert-OH is 1. The number of hydrogen-bond donors (Lipinski definition) is 4. The molecule has 0 spiro atoms. The molecule has 1 aliphatic heterocycles. The van der Waals surface area contributed by atoms with E-state index in [4.69, 9.17) is 33.3 Å². The van der Waals surface area contributed by atoms with Crippen molar-refractivity contribution in [3.63, 3.8) is 0 Å². The number of amides is 3. The summed E-state index contributed by atoms with van der Waals surface area (Å²) in [6.07, 6.45) is -9.45. The van der Waals surface area contributed by atoms with Gasteiger partial charge in [0.2, 0.25) is 6.29 Å². The molecule has 3 amide bonds. The molecule has 7 atom stereocenters. The maximum absolute atomic E-state index is 12.8. The van der Waals surface area contributed by atoms with Crippen molar-refractivity contribution in [3.8, 4) is 0 Å². The maximum atomic E-state index is 12.8. The molecule has 4 N–H and O–H groups in total. The molecule has 1 saturated heterocycles. The number of hydrogen-bond acceptors (Lipinski definition) is 15. The molecule has 18 nitrogen and oxygen atoms in total. The SMILES string of the molecule is CC(=O)OC[C@H]1O[C@@H](ONC(=O)NC[C@H](O)C(=O)N[C@@H](Cc2ccccc2)C(=O)OC(C)(C)C)[C@H](OC(C)=O)[C@@H](OC(C)=O)[C@@H]1OC(C)=O. The zero-order valence-corrected chi connectivity index (χ0v) is 28.2. The number of nitrogens with one attached hydrogen (secondary N) is 3. The van der Waals surface area contributed by atoms with Gasteiger partial charge in [-0.25, -0.2) is 19.9 Å². The molecule has 2 rings (SSSR count). The maximum Gasteiger partial charge on any atom is 0.338 e. The fourth-order valence-electron chi connectivity index (χ4n) is 4.40. The van der Waals surface area contributed by atoms with Gasteiger partial charge in [-0.1, -0.05) is 30.3 Å². The van der Waals surface area contributed by atoms with Gasteiger partial charge >= 0.3 is 35.9 Å². The summed E-state index contributed by atoms with van der Waals surface area (Å²) in [5.74, 6) is -5.06. The van der Waals surface area contributed by atoms with E-state index in [2.05, 4.69) is 10.6 Å². The lowest BCUT2D eigenvalue weighted by Gasteiger charge is -2.43. The summed E-state index contributed by atoms with van der Waals surface area (Å²) in [4.78, 5) is 90.7. The van der Waals surface area contributed by atoms with Crippen LogP contribution in [0.4, 0.5) is 4.79 Å². The van der Waals surface area contributed by atoms with Crippen molar-refractivity contribution >= 4 is 41.8 Å². The van der Waals surface area contributed by atoms with Crippen LogP contribution < -0.4 is 16.1 Å². The number of esters is 5. The van der Waals surface area contributed by atoms with Crippen molar-refractivity contribution in [2.75, 3.05) is 13.2 Å². The molecule has 49 heavy (non-hydrogen) atoms. The van der Waals surface area contributed by atoms with Gasteiger partial charge in [-0.05, 0) is 26.3 Å². The van der Waals surface area contributed by atoms with Gasteiger partial charge < -0.3 is 44.2 Å². The second-order valence-corrected chi connectivity index (χ2v) is 11.8. The summed E-state index contributed by atoms with van der Waals surface area (Å²) < 4.78 is 31.8. The highest BCUT2D eigenvalue weighted by molar-refractivity contribution is 5.87. The van der Waals surface area contributed by atoms with Crippen LogP contribution in [-0.2, 0) is 68.4 Å². The average Bonchev–Trinajstić information content (AvgIpc) is 2.98. The average molecular weight is 698 g/mol. The number of benzene rings is 1. The monoisotopic (exact) mass is 697 g/mol. The lowest BCUT2D eigenvalue weighted by molar-refractivity contribution is -0.316. The van der Waals surface area contributed by atoms with Gasteiger partial charge in [0.15, 0.2) is 18.3 Å². The topological polar surface area (TPSA) is 240 Å². The van der Waals surface area contributed by atoms with Crippen LogP contribution in [0.15, 0.2) is 30.3 Å². The van der Waals surface area contributed by atoms with Gasteiger partial charge in [-0.15, -0.1) is 0 Å². The Hall–Kier alpha value is -4.81. The van der Waals surface area contributed by atoms with E-state index in [1.807, 2.05) is 5.48 Å². The number of ether oxygens (including phenoxy) is 6. The van der Waals surface area contributed by atoms with Crippen molar-refractivity contribution in [1.29, 1.82) is 0 Å². The van der Waals surface area contributed by atoms with Crippen LogP contribution in [0.3, 0.4) is 0 Å². The van der Waals surface area contributed by atoms with Crippen LogP contribution in [0.2, 0.25) is 0 Å². The van der Waals surface area contributed by atoms with E-state index in [-0.39, 0.29) is 6.42 Å². The van der Waals surface area contributed by atoms with Gasteiger partial charge in [-0.3, -0.25) is 24.0 Å². The highest BCUT2D eigenvalue weighted by Crippen LogP contribution is 2.29. The van der Waals surface area contributed by atoms with Crippen LogP contribution in [0.25, 0.3) is 0 Å². The van der Waals surface area contributed by atoms with E-state index in [9.17, 15) is 38.7 Å². The number of hydroxylamine groups is 1. The number of carbonyl (C=O) groups is 7. The fraction of sp³-hybridized carbons (Fsp3) is 0.581. The van der Waals surface area contributed by atoms with E-state index >= 15 is 0 Å². The van der Waals surface area contributed by atoms with E-state index < -0.39 is 103 Å². The van der Waals surface area contributed by atoms with E-state index in [0.29, 0.717) is 5.56 Å². The molecule has 1 aromatic rings. The third-order valence-corrected chi connectivity index (χ3v) is 6.27. The summed E-state index contributed by atoms with van der Waals surface area (Å²) >= 11 is 0. The Kier molecular flexibility index (Phi) is 15.4. The Morgan fingerprint density at radius 3 is 1.96 bits per heavy atom. The minimum absolute atomic E-state index is 0.0615. The molecule has 1 fully saturated rings. The number of aliphatic hydroxyl groups is 1. The highest BCUT2D eigenvalue weighted by Gasteiger charge is 2.53. The first-order valence-corrected chi connectivity index (χ1v) is 15.1. The predicted molar refractivity (Wildman–Crippen MR) is 164 cm³/mol. The summed E-state index contributed by atoms with van der Waals surface area (Å²) in [5.41, 5.74) is 1.80. The number of rotatable bonds is 14. The molecular formula is C31H43N3O15. The largest absolute Gasteiger partial charge is 0.463 e. The summed E-state index contributed by atoms with van der Waals surface area (Å²) in [6, 6.07) is 6.50. The molecule has 0 aliphatic carbocycles. The summed E-state index contributed by atoms with van der Waals surface area (Å²) in [5, 5.41) is 15.1. The van der Waals surface area contributed by atoms with Crippen LogP contribution in [0, 0.1) is 0 Å². The molecule has 1 aromatic carbocycles. The van der Waals surface area contributed by atoms with E-state index in [1.54, 1.807) is 51.1 Å². The Morgan fingerprint density at radius 1 is 0.837 bits per heavy atom. The molecular weight excluding hydrogens is 654 g/mol. The van der Waals surface area contributed by atoms with Crippen molar-refractivity contribution < 1.29 is 71.9 Å². The minimum Gasteiger partial charge on any atom is -0.463 e. The molecule has 18 heteroatoms. The molecule has 1 heterocycles. The van der Waals surface area contributed by atoms with Crippen molar-refractivity contribution in [2.45, 2.75) is 103 Å². The van der Waals surface area contributed by atoms with Gasteiger partial charge in [0.1, 0.15) is 30.5 Å². The van der Waals surface area contributed by atoms with E-state index in [0.717, 1.165) is 27.7 Å². The van der Waals surface area contributed by atoms with Gasteiger partial charge in [0, 0.05) is 34.1 Å². The lowest BCUT2D eigenvalue weighted by Crippen LogP contribution is -2.64. The quantitative estimate of drug-likeness (QED) is 0.111. The molecule has 0 bridgehead atoms. The molecule has 0 aromatic heterocycles. The zero-order valence-electron chi connectivity index (χ0n) is 28.2. The van der Waals surface area contributed by atoms with Crippen LogP contribution in [-0.4, -0.2) is 108 Å². The first kappa shape index (κ1) is 40.4. The van der Waals surface area contributed by atoms with Crippen molar-refractivity contribution in [3.05, 3.63) is 35.9 Å². The van der Waals surface area contributed by atoms with Gasteiger partial charge in [0.25, 0.3) is 5.91 Å². The fourth-order valence-corrected chi connectivity index (χ4v) is 4.40. The zero-order chi connectivity index (χ0) is 36.9. The van der Waals surface area contributed by atoms with Crippen LogP contribution in [0.5, 0.6) is 0 Å². The normalized spacial score (nSPS) is 21.5. The first-order chi connectivity index (χ1) is 22.9. The third kappa shape index (κ3) is 14.5. The molecule has 0 unspecified atom stereocenters. The van der Waals surface area contributed by atoms with Crippen molar-refractivity contribution in [2.24, 2.45) is 0 Å². The minimum atomic E-state index is -1.84. The molecule has 272 valence electrons. The van der Waals surface area contributed by atoms with Crippen LogP contribution in [0.1, 0.15) is 54.0 Å². The first-order valence-electron chi connectivity index (χ1n) is 15.1. The summed E-state index contributed by atoms with van der Waals surface area (Å²) in [6.45, 7) is 8.00. The Labute approximate surface area is 282 Å². The molecule has 1 aliphatic rings. The predicted octanol–water partition coefficient (Wildman–Crippen LogP) is -0.270.